The lowest BCUT2D eigenvalue weighted by Gasteiger charge is -2.12. The first kappa shape index (κ1) is 13.7. The third kappa shape index (κ3) is 9.80. The summed E-state index contributed by atoms with van der Waals surface area (Å²) in [6.07, 6.45) is -0.426. The highest BCUT2D eigenvalue weighted by atomic mass is 19.4. The highest BCUT2D eigenvalue weighted by Gasteiger charge is 2.27. The van der Waals surface area contributed by atoms with Crippen LogP contribution in [0.4, 0.5) is 13.2 Å². The van der Waals surface area contributed by atoms with E-state index in [0.29, 0.717) is 0 Å². The molecule has 2 N–H and O–H groups in total. The van der Waals surface area contributed by atoms with Crippen molar-refractivity contribution in [1.82, 2.24) is 0 Å². The van der Waals surface area contributed by atoms with Crippen molar-refractivity contribution < 1.29 is 17.9 Å². The Morgan fingerprint density at radius 2 is 1.93 bits per heavy atom. The van der Waals surface area contributed by atoms with E-state index in [2.05, 4.69) is 11.7 Å². The topological polar surface area (TPSA) is 35.2 Å². The van der Waals surface area contributed by atoms with Gasteiger partial charge in [0.15, 0.2) is 0 Å². The minimum atomic E-state index is -4.25. The van der Waals surface area contributed by atoms with Gasteiger partial charge in [-0.1, -0.05) is 26.2 Å². The van der Waals surface area contributed by atoms with E-state index >= 15 is 0 Å². The highest BCUT2D eigenvalue weighted by Crippen LogP contribution is 2.14. The van der Waals surface area contributed by atoms with Crippen LogP contribution in [0.2, 0.25) is 0 Å². The van der Waals surface area contributed by atoms with Gasteiger partial charge in [-0.25, -0.2) is 0 Å². The lowest BCUT2D eigenvalue weighted by Crippen LogP contribution is -2.29. The summed E-state index contributed by atoms with van der Waals surface area (Å²) in [6.45, 7) is 0.851. The van der Waals surface area contributed by atoms with Gasteiger partial charge in [0, 0.05) is 6.04 Å². The van der Waals surface area contributed by atoms with Gasteiger partial charge in [0.1, 0.15) is 6.61 Å². The number of unbranched alkanes of at least 4 members (excludes halogenated alkanes) is 2. The Morgan fingerprint density at radius 3 is 2.43 bits per heavy atom. The first-order valence-corrected chi connectivity index (χ1v) is 4.85. The molecule has 0 aliphatic carbocycles. The second-order valence-electron chi connectivity index (χ2n) is 3.39. The average Bonchev–Trinajstić information content (AvgIpc) is 2.02. The summed E-state index contributed by atoms with van der Waals surface area (Å²) in [5.74, 6) is 0. The summed E-state index contributed by atoms with van der Waals surface area (Å²) in [7, 11) is 0. The van der Waals surface area contributed by atoms with E-state index < -0.39 is 12.8 Å². The average molecular weight is 213 g/mol. The fraction of sp³-hybridized carbons (Fsp3) is 1.00. The van der Waals surface area contributed by atoms with Crippen molar-refractivity contribution >= 4 is 0 Å². The minimum absolute atomic E-state index is 0.0107. The fourth-order valence-corrected chi connectivity index (χ4v) is 1.07. The number of hydrogen-bond acceptors (Lipinski definition) is 2. The van der Waals surface area contributed by atoms with Crippen LogP contribution in [0.1, 0.15) is 32.6 Å². The van der Waals surface area contributed by atoms with E-state index in [9.17, 15) is 13.2 Å². The van der Waals surface area contributed by atoms with Crippen molar-refractivity contribution in [1.29, 1.82) is 0 Å². The van der Waals surface area contributed by atoms with Gasteiger partial charge in [0.05, 0.1) is 6.61 Å². The number of rotatable bonds is 7. The predicted molar refractivity (Wildman–Crippen MR) is 49.0 cm³/mol. The third-order valence-corrected chi connectivity index (χ3v) is 1.78. The summed E-state index contributed by atoms with van der Waals surface area (Å²) in [5, 5.41) is 0. The molecule has 0 aromatic heterocycles. The predicted octanol–water partition coefficient (Wildman–Crippen LogP) is 2.47. The van der Waals surface area contributed by atoms with Crippen molar-refractivity contribution in [3.05, 3.63) is 0 Å². The van der Waals surface area contributed by atoms with Gasteiger partial charge in [-0.2, -0.15) is 13.2 Å². The van der Waals surface area contributed by atoms with Gasteiger partial charge in [-0.15, -0.1) is 0 Å². The van der Waals surface area contributed by atoms with E-state index in [0.717, 1.165) is 25.7 Å². The van der Waals surface area contributed by atoms with Crippen LogP contribution in [0.25, 0.3) is 0 Å². The standard InChI is InChI=1S/C9H18F3NO/c1-2-3-4-5-8(13)6-14-7-9(10,11)12/h8H,2-7,13H2,1H3. The van der Waals surface area contributed by atoms with E-state index in [-0.39, 0.29) is 12.6 Å². The molecule has 0 rings (SSSR count). The van der Waals surface area contributed by atoms with Crippen LogP contribution in [-0.4, -0.2) is 25.4 Å². The molecule has 0 aliphatic heterocycles. The number of ether oxygens (including phenoxy) is 1. The maximum Gasteiger partial charge on any atom is 0.411 e. The zero-order valence-electron chi connectivity index (χ0n) is 8.44. The van der Waals surface area contributed by atoms with Crippen molar-refractivity contribution in [3.63, 3.8) is 0 Å². The first-order valence-electron chi connectivity index (χ1n) is 4.85. The molecule has 0 spiro atoms. The van der Waals surface area contributed by atoms with Gasteiger partial charge in [-0.3, -0.25) is 0 Å². The number of halogens is 3. The van der Waals surface area contributed by atoms with Crippen molar-refractivity contribution in [2.45, 2.75) is 44.8 Å². The largest absolute Gasteiger partial charge is 0.411 e. The van der Waals surface area contributed by atoms with E-state index in [1.54, 1.807) is 0 Å². The van der Waals surface area contributed by atoms with Crippen LogP contribution >= 0.6 is 0 Å². The van der Waals surface area contributed by atoms with Crippen LogP contribution in [-0.2, 0) is 4.74 Å². The smallest absolute Gasteiger partial charge is 0.370 e. The summed E-state index contributed by atoms with van der Waals surface area (Å²) in [6, 6.07) is -0.274. The molecule has 0 saturated carbocycles. The molecule has 0 aromatic carbocycles. The summed E-state index contributed by atoms with van der Waals surface area (Å²) < 4.78 is 39.4. The molecule has 86 valence electrons. The quantitative estimate of drug-likeness (QED) is 0.659. The molecular formula is C9H18F3NO. The Kier molecular flexibility index (Phi) is 6.92. The lowest BCUT2D eigenvalue weighted by molar-refractivity contribution is -0.174. The Balaban J connectivity index is 3.31. The van der Waals surface area contributed by atoms with Gasteiger partial charge >= 0.3 is 6.18 Å². The maximum atomic E-state index is 11.6. The van der Waals surface area contributed by atoms with Crippen molar-refractivity contribution in [2.24, 2.45) is 5.73 Å². The molecule has 0 radical (unpaired) electrons. The number of hydrogen-bond donors (Lipinski definition) is 1. The van der Waals surface area contributed by atoms with Crippen molar-refractivity contribution in [2.75, 3.05) is 13.2 Å². The van der Waals surface area contributed by atoms with Gasteiger partial charge in [0.2, 0.25) is 0 Å². The van der Waals surface area contributed by atoms with Crippen LogP contribution < -0.4 is 5.73 Å². The first-order chi connectivity index (χ1) is 6.45. The Morgan fingerprint density at radius 1 is 1.29 bits per heavy atom. The second kappa shape index (κ2) is 7.06. The van der Waals surface area contributed by atoms with Gasteiger partial charge in [-0.05, 0) is 6.42 Å². The molecule has 0 heterocycles. The van der Waals surface area contributed by atoms with Crippen LogP contribution in [0.3, 0.4) is 0 Å². The van der Waals surface area contributed by atoms with Crippen LogP contribution in [0.15, 0.2) is 0 Å². The summed E-state index contributed by atoms with van der Waals surface area (Å²) in [5.41, 5.74) is 5.55. The Bertz CT molecular complexity index is 139. The van der Waals surface area contributed by atoms with E-state index in [4.69, 9.17) is 5.73 Å². The fourth-order valence-electron chi connectivity index (χ4n) is 1.07. The molecule has 0 aliphatic rings. The van der Waals surface area contributed by atoms with Crippen LogP contribution in [0, 0.1) is 0 Å². The Hall–Kier alpha value is -0.290. The monoisotopic (exact) mass is 213 g/mol. The molecule has 0 fully saturated rings. The summed E-state index contributed by atoms with van der Waals surface area (Å²) in [4.78, 5) is 0. The van der Waals surface area contributed by atoms with Gasteiger partial charge in [0.25, 0.3) is 0 Å². The zero-order chi connectivity index (χ0) is 11.0. The molecule has 5 heteroatoms. The Labute approximate surface area is 82.6 Å². The molecule has 1 atom stereocenters. The maximum absolute atomic E-state index is 11.6. The SMILES string of the molecule is CCCCCC(N)COCC(F)(F)F. The van der Waals surface area contributed by atoms with Crippen LogP contribution in [0.5, 0.6) is 0 Å². The molecule has 0 saturated heterocycles. The van der Waals surface area contributed by atoms with Gasteiger partial charge < -0.3 is 10.5 Å². The molecule has 1 unspecified atom stereocenters. The number of nitrogens with two attached hydrogens (primary N) is 1. The highest BCUT2D eigenvalue weighted by molar-refractivity contribution is 4.60. The van der Waals surface area contributed by atoms with Crippen molar-refractivity contribution in [3.8, 4) is 0 Å². The molecule has 0 amide bonds. The molecule has 0 aromatic rings. The summed E-state index contributed by atoms with van der Waals surface area (Å²) >= 11 is 0. The molecule has 14 heavy (non-hydrogen) atoms. The lowest BCUT2D eigenvalue weighted by atomic mass is 10.1. The normalized spacial score (nSPS) is 14.4. The zero-order valence-corrected chi connectivity index (χ0v) is 8.44. The molecule has 2 nitrogen and oxygen atoms in total. The minimum Gasteiger partial charge on any atom is -0.370 e. The third-order valence-electron chi connectivity index (χ3n) is 1.78. The number of alkyl halides is 3. The molecule has 0 bridgehead atoms. The second-order valence-corrected chi connectivity index (χ2v) is 3.39. The van der Waals surface area contributed by atoms with E-state index in [1.807, 2.05) is 0 Å². The molecular weight excluding hydrogens is 195 g/mol. The van der Waals surface area contributed by atoms with E-state index in [1.165, 1.54) is 0 Å².